The highest BCUT2D eigenvalue weighted by atomic mass is 32.2. The lowest BCUT2D eigenvalue weighted by Gasteiger charge is -2.16. The first kappa shape index (κ1) is 15.0. The number of nitrogens with two attached hydrogens (primary N) is 1. The maximum atomic E-state index is 13.1. The van der Waals surface area contributed by atoms with Crippen molar-refractivity contribution in [3.05, 3.63) is 46.4 Å². The number of sulfonamides is 1. The number of hydrogen-bond acceptors (Lipinski definition) is 4. The molecule has 1 unspecified atom stereocenters. The van der Waals surface area contributed by atoms with Crippen molar-refractivity contribution in [2.45, 2.75) is 24.3 Å². The Bertz CT molecular complexity index is 684. The minimum Gasteiger partial charge on any atom is -0.396 e. The molecular formula is C13H15FN2O2S2. The van der Waals surface area contributed by atoms with Gasteiger partial charge in [-0.05, 0) is 36.1 Å². The Morgan fingerprint density at radius 3 is 2.70 bits per heavy atom. The van der Waals surface area contributed by atoms with Crippen molar-refractivity contribution in [2.24, 2.45) is 0 Å². The first-order valence-electron chi connectivity index (χ1n) is 6.05. The van der Waals surface area contributed by atoms with E-state index in [1.807, 2.05) is 24.4 Å². The number of benzene rings is 1. The standard InChI is InChI=1S/C13H15FN2O2S2/c1-2-12(13-4-3-7-19-13)16-20(17,18)9-5-6-10(14)11(15)8-9/h3-8,12,16H,2,15H2,1H3. The van der Waals surface area contributed by atoms with E-state index in [2.05, 4.69) is 4.72 Å². The first-order valence-corrected chi connectivity index (χ1v) is 8.41. The molecular weight excluding hydrogens is 299 g/mol. The topological polar surface area (TPSA) is 72.2 Å². The summed E-state index contributed by atoms with van der Waals surface area (Å²) in [5.41, 5.74) is 5.23. The van der Waals surface area contributed by atoms with Crippen molar-refractivity contribution in [2.75, 3.05) is 5.73 Å². The molecule has 20 heavy (non-hydrogen) atoms. The van der Waals surface area contributed by atoms with Crippen LogP contribution in [0.3, 0.4) is 0 Å². The third kappa shape index (κ3) is 3.17. The van der Waals surface area contributed by atoms with Gasteiger partial charge in [0.25, 0.3) is 0 Å². The fourth-order valence-electron chi connectivity index (χ4n) is 1.78. The summed E-state index contributed by atoms with van der Waals surface area (Å²) in [5.74, 6) is -0.630. The number of hydrogen-bond donors (Lipinski definition) is 2. The molecule has 0 aliphatic heterocycles. The highest BCUT2D eigenvalue weighted by Gasteiger charge is 2.21. The van der Waals surface area contributed by atoms with Gasteiger partial charge in [-0.3, -0.25) is 0 Å². The number of nitrogen functional groups attached to an aromatic ring is 1. The summed E-state index contributed by atoms with van der Waals surface area (Å²) in [6.07, 6.45) is 0.621. The van der Waals surface area contributed by atoms with Gasteiger partial charge in [0.15, 0.2) is 0 Å². The van der Waals surface area contributed by atoms with Gasteiger partial charge in [0.1, 0.15) is 5.82 Å². The van der Waals surface area contributed by atoms with Gasteiger partial charge in [-0.15, -0.1) is 11.3 Å². The fraction of sp³-hybridized carbons (Fsp3) is 0.231. The zero-order valence-corrected chi connectivity index (χ0v) is 12.5. The molecule has 0 bridgehead atoms. The number of rotatable bonds is 5. The Labute approximate surface area is 121 Å². The summed E-state index contributed by atoms with van der Waals surface area (Å²) in [6.45, 7) is 1.89. The molecule has 1 aromatic carbocycles. The summed E-state index contributed by atoms with van der Waals surface area (Å²) in [6, 6.07) is 6.82. The highest BCUT2D eigenvalue weighted by Crippen LogP contribution is 2.25. The van der Waals surface area contributed by atoms with Crippen LogP contribution in [0.4, 0.5) is 10.1 Å². The van der Waals surface area contributed by atoms with Crippen molar-refractivity contribution < 1.29 is 12.8 Å². The molecule has 1 atom stereocenters. The zero-order valence-electron chi connectivity index (χ0n) is 10.8. The Kier molecular flexibility index (Phi) is 4.42. The smallest absolute Gasteiger partial charge is 0.241 e. The van der Waals surface area contributed by atoms with Crippen LogP contribution in [0.15, 0.2) is 40.6 Å². The lowest BCUT2D eigenvalue weighted by molar-refractivity contribution is 0.553. The lowest BCUT2D eigenvalue weighted by atomic mass is 10.2. The number of anilines is 1. The Morgan fingerprint density at radius 2 is 2.15 bits per heavy atom. The summed E-state index contributed by atoms with van der Waals surface area (Å²) >= 11 is 1.49. The van der Waals surface area contributed by atoms with E-state index >= 15 is 0 Å². The number of nitrogens with one attached hydrogen (secondary N) is 1. The second kappa shape index (κ2) is 5.90. The van der Waals surface area contributed by atoms with Crippen LogP contribution in [-0.2, 0) is 10.0 Å². The van der Waals surface area contributed by atoms with Gasteiger partial charge in [0.2, 0.25) is 10.0 Å². The molecule has 0 aliphatic carbocycles. The normalized spacial score (nSPS) is 13.3. The van der Waals surface area contributed by atoms with E-state index in [1.165, 1.54) is 17.4 Å². The average Bonchev–Trinajstić information content (AvgIpc) is 2.93. The molecule has 0 saturated heterocycles. The Hall–Kier alpha value is -1.44. The lowest BCUT2D eigenvalue weighted by Crippen LogP contribution is -2.28. The van der Waals surface area contributed by atoms with Crippen LogP contribution in [0, 0.1) is 5.82 Å². The SMILES string of the molecule is CCC(NS(=O)(=O)c1ccc(F)c(N)c1)c1cccs1. The summed E-state index contributed by atoms with van der Waals surface area (Å²) in [5, 5.41) is 1.89. The molecule has 108 valence electrons. The van der Waals surface area contributed by atoms with E-state index in [-0.39, 0.29) is 16.6 Å². The van der Waals surface area contributed by atoms with Crippen LogP contribution in [-0.4, -0.2) is 8.42 Å². The second-order valence-corrected chi connectivity index (χ2v) is 6.97. The molecule has 2 rings (SSSR count). The van der Waals surface area contributed by atoms with Crippen LogP contribution in [0.2, 0.25) is 0 Å². The predicted molar refractivity (Wildman–Crippen MR) is 78.5 cm³/mol. The monoisotopic (exact) mass is 314 g/mol. The van der Waals surface area contributed by atoms with Crippen LogP contribution < -0.4 is 10.5 Å². The van der Waals surface area contributed by atoms with Gasteiger partial charge in [-0.1, -0.05) is 13.0 Å². The minimum absolute atomic E-state index is 0.0357. The molecule has 1 heterocycles. The van der Waals surface area contributed by atoms with Crippen LogP contribution in [0.1, 0.15) is 24.3 Å². The molecule has 0 saturated carbocycles. The van der Waals surface area contributed by atoms with E-state index in [9.17, 15) is 12.8 Å². The average molecular weight is 314 g/mol. The summed E-state index contributed by atoms with van der Waals surface area (Å²) in [4.78, 5) is 0.901. The van der Waals surface area contributed by atoms with Crippen LogP contribution in [0.5, 0.6) is 0 Å². The quantitative estimate of drug-likeness (QED) is 0.834. The third-order valence-electron chi connectivity index (χ3n) is 2.87. The molecule has 2 aromatic rings. The molecule has 4 nitrogen and oxygen atoms in total. The molecule has 0 spiro atoms. The summed E-state index contributed by atoms with van der Waals surface area (Å²) in [7, 11) is -3.73. The van der Waals surface area contributed by atoms with E-state index in [0.29, 0.717) is 6.42 Å². The first-order chi connectivity index (χ1) is 9.44. The van der Waals surface area contributed by atoms with Gasteiger partial charge in [0, 0.05) is 4.88 Å². The Morgan fingerprint density at radius 1 is 1.40 bits per heavy atom. The van der Waals surface area contributed by atoms with Crippen molar-refractivity contribution in [1.82, 2.24) is 4.72 Å². The molecule has 0 amide bonds. The second-order valence-electron chi connectivity index (χ2n) is 4.28. The van der Waals surface area contributed by atoms with Crippen LogP contribution >= 0.6 is 11.3 Å². The van der Waals surface area contributed by atoms with Crippen molar-refractivity contribution in [3.8, 4) is 0 Å². The van der Waals surface area contributed by atoms with Crippen LogP contribution in [0.25, 0.3) is 0 Å². The molecule has 1 aromatic heterocycles. The van der Waals surface area contributed by atoms with Gasteiger partial charge in [-0.2, -0.15) is 0 Å². The van der Waals surface area contributed by atoms with E-state index in [4.69, 9.17) is 5.73 Å². The van der Waals surface area contributed by atoms with Gasteiger partial charge >= 0.3 is 0 Å². The van der Waals surface area contributed by atoms with E-state index in [0.717, 1.165) is 17.0 Å². The van der Waals surface area contributed by atoms with Gasteiger partial charge in [-0.25, -0.2) is 17.5 Å². The van der Waals surface area contributed by atoms with Crippen molar-refractivity contribution in [1.29, 1.82) is 0 Å². The predicted octanol–water partition coefficient (Wildman–Crippen LogP) is 2.90. The van der Waals surface area contributed by atoms with Crippen molar-refractivity contribution >= 4 is 27.0 Å². The van der Waals surface area contributed by atoms with Gasteiger partial charge < -0.3 is 5.73 Å². The Balaban J connectivity index is 2.28. The van der Waals surface area contributed by atoms with Crippen molar-refractivity contribution in [3.63, 3.8) is 0 Å². The largest absolute Gasteiger partial charge is 0.396 e. The maximum Gasteiger partial charge on any atom is 0.241 e. The molecule has 7 heteroatoms. The minimum atomic E-state index is -3.73. The number of thiophene rings is 1. The summed E-state index contributed by atoms with van der Waals surface area (Å²) < 4.78 is 40.3. The molecule has 0 radical (unpaired) electrons. The molecule has 0 aliphatic rings. The molecule has 0 fully saturated rings. The fourth-order valence-corrected chi connectivity index (χ4v) is 4.05. The van der Waals surface area contributed by atoms with E-state index < -0.39 is 15.8 Å². The van der Waals surface area contributed by atoms with E-state index in [1.54, 1.807) is 0 Å². The third-order valence-corrected chi connectivity index (χ3v) is 5.33. The molecule has 3 N–H and O–H groups in total. The maximum absolute atomic E-state index is 13.1. The number of halogens is 1. The highest BCUT2D eigenvalue weighted by molar-refractivity contribution is 7.89. The van der Waals surface area contributed by atoms with Gasteiger partial charge in [0.05, 0.1) is 16.6 Å². The zero-order chi connectivity index (χ0) is 14.8.